The Morgan fingerprint density at radius 1 is 1.20 bits per heavy atom. The molecule has 2 heterocycles. The van der Waals surface area contributed by atoms with E-state index in [4.69, 9.17) is 18.7 Å². The van der Waals surface area contributed by atoms with Gasteiger partial charge in [0.1, 0.15) is 29.8 Å². The molecule has 156 valence electrons. The molecule has 1 aromatic heterocycles. The zero-order chi connectivity index (χ0) is 20.9. The van der Waals surface area contributed by atoms with E-state index in [0.717, 1.165) is 31.2 Å². The minimum Gasteiger partial charge on any atom is -0.507 e. The molecule has 0 bridgehead atoms. The molecule has 2 aromatic rings. The van der Waals surface area contributed by atoms with Crippen molar-refractivity contribution in [2.75, 3.05) is 7.11 Å². The molecule has 0 saturated heterocycles. The van der Waals surface area contributed by atoms with E-state index in [1.54, 1.807) is 25.6 Å². The molecule has 0 unspecified atom stereocenters. The quantitative estimate of drug-likeness (QED) is 0.619. The largest absolute Gasteiger partial charge is 0.507 e. The molecule has 2 aliphatic rings. The number of allylic oxidation sites excluding steroid dienone is 4. The Hall–Kier alpha value is -3.41. The van der Waals surface area contributed by atoms with Crippen LogP contribution in [0.4, 0.5) is 0 Å². The molecule has 0 saturated carbocycles. The molecule has 0 amide bonds. The Morgan fingerprint density at radius 3 is 2.87 bits per heavy atom. The van der Waals surface area contributed by atoms with Crippen LogP contribution in [0.5, 0.6) is 11.5 Å². The molecule has 6 nitrogen and oxygen atoms in total. The van der Waals surface area contributed by atoms with Crippen LogP contribution in [0.1, 0.15) is 43.7 Å². The third-order valence-corrected chi connectivity index (χ3v) is 5.12. The Labute approximate surface area is 175 Å². The molecule has 0 atom stereocenters. The number of nitrogens with zero attached hydrogens (tertiary/aromatic N) is 1. The third kappa shape index (κ3) is 4.13. The molecule has 1 N–H and O–H groups in total. The van der Waals surface area contributed by atoms with E-state index in [2.05, 4.69) is 30.3 Å². The SMILES string of the molecule is CCCc1cc(-c2oncc2C2=COC=C(CC3=CC=CCC3)O2)c(O)cc1OC. The van der Waals surface area contributed by atoms with Crippen molar-refractivity contribution < 1.29 is 23.8 Å². The van der Waals surface area contributed by atoms with Crippen molar-refractivity contribution in [2.24, 2.45) is 0 Å². The number of aromatic nitrogens is 1. The number of phenolic OH excluding ortho intramolecular Hbond substituents is 1. The Morgan fingerprint density at radius 2 is 2.10 bits per heavy atom. The molecule has 6 heteroatoms. The summed E-state index contributed by atoms with van der Waals surface area (Å²) in [5, 5.41) is 14.5. The van der Waals surface area contributed by atoms with E-state index in [0.29, 0.717) is 40.6 Å². The van der Waals surface area contributed by atoms with Crippen LogP contribution in [0.25, 0.3) is 17.1 Å². The second-order valence-electron chi connectivity index (χ2n) is 7.27. The summed E-state index contributed by atoms with van der Waals surface area (Å²) in [5.41, 5.74) is 3.42. The van der Waals surface area contributed by atoms with E-state index in [9.17, 15) is 5.11 Å². The molecule has 0 radical (unpaired) electrons. The van der Waals surface area contributed by atoms with Gasteiger partial charge in [-0.25, -0.2) is 0 Å². The average molecular weight is 407 g/mol. The predicted octanol–water partition coefficient (Wildman–Crippen LogP) is 5.86. The smallest absolute Gasteiger partial charge is 0.181 e. The van der Waals surface area contributed by atoms with Gasteiger partial charge in [0, 0.05) is 12.5 Å². The zero-order valence-electron chi connectivity index (χ0n) is 17.2. The van der Waals surface area contributed by atoms with Crippen molar-refractivity contribution in [1.82, 2.24) is 5.16 Å². The number of rotatable bonds is 7. The number of hydrogen-bond donors (Lipinski definition) is 1. The van der Waals surface area contributed by atoms with Gasteiger partial charge in [-0.2, -0.15) is 0 Å². The van der Waals surface area contributed by atoms with Crippen LogP contribution in [-0.2, 0) is 15.9 Å². The van der Waals surface area contributed by atoms with Crippen LogP contribution in [-0.4, -0.2) is 17.4 Å². The van der Waals surface area contributed by atoms with E-state index in [-0.39, 0.29) is 5.75 Å². The van der Waals surface area contributed by atoms with Crippen molar-refractivity contribution >= 4 is 5.76 Å². The van der Waals surface area contributed by atoms with E-state index >= 15 is 0 Å². The molecule has 1 aliphatic carbocycles. The van der Waals surface area contributed by atoms with E-state index in [1.807, 2.05) is 6.07 Å². The fourth-order valence-electron chi connectivity index (χ4n) is 3.64. The summed E-state index contributed by atoms with van der Waals surface area (Å²) in [6.45, 7) is 2.09. The normalized spacial score (nSPS) is 15.6. The lowest BCUT2D eigenvalue weighted by atomic mass is 10.00. The van der Waals surface area contributed by atoms with Crippen molar-refractivity contribution in [3.63, 3.8) is 0 Å². The van der Waals surface area contributed by atoms with Crippen LogP contribution in [0.3, 0.4) is 0 Å². The number of hydrogen-bond acceptors (Lipinski definition) is 6. The van der Waals surface area contributed by atoms with Crippen LogP contribution < -0.4 is 4.74 Å². The lowest BCUT2D eigenvalue weighted by Gasteiger charge is -2.18. The number of aryl methyl sites for hydroxylation is 1. The van der Waals surface area contributed by atoms with Gasteiger partial charge < -0.3 is 23.8 Å². The molecule has 1 aromatic carbocycles. The first-order valence-corrected chi connectivity index (χ1v) is 10.1. The van der Waals surface area contributed by atoms with Crippen molar-refractivity contribution in [2.45, 2.75) is 39.0 Å². The maximum atomic E-state index is 10.6. The fourth-order valence-corrected chi connectivity index (χ4v) is 3.64. The third-order valence-electron chi connectivity index (χ3n) is 5.12. The zero-order valence-corrected chi connectivity index (χ0v) is 17.2. The average Bonchev–Trinajstić information content (AvgIpc) is 3.25. The van der Waals surface area contributed by atoms with Crippen molar-refractivity contribution in [3.8, 4) is 22.8 Å². The summed E-state index contributed by atoms with van der Waals surface area (Å²) < 4.78 is 22.5. The molecule has 0 fully saturated rings. The minimum absolute atomic E-state index is 0.0527. The summed E-state index contributed by atoms with van der Waals surface area (Å²) in [6.07, 6.45) is 15.5. The van der Waals surface area contributed by atoms with Gasteiger partial charge in [-0.1, -0.05) is 42.3 Å². The highest BCUT2D eigenvalue weighted by Crippen LogP contribution is 2.40. The number of ether oxygens (including phenoxy) is 3. The fraction of sp³-hybridized carbons (Fsp3) is 0.292. The van der Waals surface area contributed by atoms with Crippen LogP contribution in [0.2, 0.25) is 0 Å². The Bertz CT molecular complexity index is 1040. The lowest BCUT2D eigenvalue weighted by Crippen LogP contribution is -2.02. The summed E-state index contributed by atoms with van der Waals surface area (Å²) >= 11 is 0. The highest BCUT2D eigenvalue weighted by Gasteiger charge is 2.24. The molecule has 0 spiro atoms. The number of phenols is 1. The summed E-state index contributed by atoms with van der Waals surface area (Å²) in [4.78, 5) is 0. The second kappa shape index (κ2) is 8.95. The molecular formula is C24H25NO5. The monoisotopic (exact) mass is 407 g/mol. The van der Waals surface area contributed by atoms with Gasteiger partial charge in [0.2, 0.25) is 0 Å². The van der Waals surface area contributed by atoms with Gasteiger partial charge in [-0.15, -0.1) is 0 Å². The maximum absolute atomic E-state index is 10.6. The summed E-state index contributed by atoms with van der Waals surface area (Å²) in [7, 11) is 1.59. The van der Waals surface area contributed by atoms with Crippen molar-refractivity contribution in [1.29, 1.82) is 0 Å². The predicted molar refractivity (Wildman–Crippen MR) is 113 cm³/mol. The number of methoxy groups -OCH3 is 1. The first-order valence-electron chi connectivity index (χ1n) is 10.1. The van der Waals surface area contributed by atoms with Gasteiger partial charge in [0.15, 0.2) is 11.5 Å². The van der Waals surface area contributed by atoms with E-state index < -0.39 is 0 Å². The first-order chi connectivity index (χ1) is 14.7. The van der Waals surface area contributed by atoms with Crippen LogP contribution >= 0.6 is 0 Å². The Kier molecular flexibility index (Phi) is 5.93. The van der Waals surface area contributed by atoms with Gasteiger partial charge in [0.05, 0.1) is 24.4 Å². The van der Waals surface area contributed by atoms with E-state index in [1.165, 1.54) is 11.8 Å². The highest BCUT2D eigenvalue weighted by molar-refractivity contribution is 5.79. The minimum atomic E-state index is 0.0527. The molecular weight excluding hydrogens is 382 g/mol. The van der Waals surface area contributed by atoms with Gasteiger partial charge in [-0.05, 0) is 30.9 Å². The maximum Gasteiger partial charge on any atom is 0.181 e. The molecule has 30 heavy (non-hydrogen) atoms. The summed E-state index contributed by atoms with van der Waals surface area (Å²) in [6, 6.07) is 3.48. The second-order valence-corrected chi connectivity index (χ2v) is 7.27. The number of aromatic hydroxyl groups is 1. The lowest BCUT2D eigenvalue weighted by molar-refractivity contribution is 0.273. The van der Waals surface area contributed by atoms with Crippen molar-refractivity contribution in [3.05, 3.63) is 71.5 Å². The van der Waals surface area contributed by atoms with Crippen LogP contribution in [0, 0.1) is 0 Å². The van der Waals surface area contributed by atoms with Crippen LogP contribution in [0.15, 0.2) is 64.9 Å². The topological polar surface area (TPSA) is 74.0 Å². The van der Waals surface area contributed by atoms with Gasteiger partial charge in [0.25, 0.3) is 0 Å². The first kappa shape index (κ1) is 19.9. The molecule has 4 rings (SSSR count). The summed E-state index contributed by atoms with van der Waals surface area (Å²) in [5.74, 6) is 2.32. The standard InChI is InChI=1S/C24H25NO5/c1-3-7-17-11-19(21(26)12-22(17)27-2)24-20(13-25-30-24)23-15-28-14-18(29-23)10-16-8-5-4-6-9-16/h4-5,8,11-15,26H,3,6-7,9-10H2,1-2H3. The Balaban J connectivity index is 1.61. The molecule has 1 aliphatic heterocycles. The van der Waals surface area contributed by atoms with Gasteiger partial charge in [-0.3, -0.25) is 0 Å². The number of benzene rings is 1. The van der Waals surface area contributed by atoms with Gasteiger partial charge >= 0.3 is 0 Å². The highest BCUT2D eigenvalue weighted by atomic mass is 16.5.